The molecule has 5 heteroatoms. The number of amides is 1. The molecule has 0 spiro atoms. The number of furan rings is 1. The number of carbonyl (C=O) groups is 1. The summed E-state index contributed by atoms with van der Waals surface area (Å²) in [6.07, 6.45) is 2.25. The van der Waals surface area contributed by atoms with Crippen molar-refractivity contribution in [1.82, 2.24) is 5.32 Å². The van der Waals surface area contributed by atoms with Crippen molar-refractivity contribution < 1.29 is 13.9 Å². The second kappa shape index (κ2) is 6.70. The van der Waals surface area contributed by atoms with Crippen molar-refractivity contribution >= 4 is 21.8 Å². The first-order valence-electron chi connectivity index (χ1n) is 5.16. The van der Waals surface area contributed by atoms with Crippen LogP contribution in [0.1, 0.15) is 23.0 Å². The molecule has 0 saturated carbocycles. The quantitative estimate of drug-likeness (QED) is 0.815. The van der Waals surface area contributed by atoms with E-state index in [1.807, 2.05) is 6.92 Å². The van der Waals surface area contributed by atoms with Crippen LogP contribution >= 0.6 is 15.9 Å². The van der Waals surface area contributed by atoms with Crippen LogP contribution in [-0.4, -0.2) is 31.0 Å². The number of halogens is 1. The summed E-state index contributed by atoms with van der Waals surface area (Å²) < 4.78 is 10.1. The number of nitrogens with one attached hydrogen (secondary N) is 1. The first-order chi connectivity index (χ1) is 7.69. The summed E-state index contributed by atoms with van der Waals surface area (Å²) in [6.45, 7) is 3.04. The van der Waals surface area contributed by atoms with E-state index in [-0.39, 0.29) is 10.7 Å². The van der Waals surface area contributed by atoms with Gasteiger partial charge in [-0.25, -0.2) is 0 Å². The van der Waals surface area contributed by atoms with Gasteiger partial charge >= 0.3 is 0 Å². The molecule has 0 bridgehead atoms. The third-order valence-electron chi connectivity index (χ3n) is 2.14. The van der Waals surface area contributed by atoms with Crippen molar-refractivity contribution in [3.05, 3.63) is 23.7 Å². The molecule has 0 aliphatic carbocycles. The highest BCUT2D eigenvalue weighted by atomic mass is 79.9. The van der Waals surface area contributed by atoms with E-state index in [1.165, 1.54) is 6.26 Å². The Morgan fingerprint density at radius 1 is 1.69 bits per heavy atom. The van der Waals surface area contributed by atoms with Gasteiger partial charge in [0.25, 0.3) is 5.91 Å². The number of hydrogen-bond donors (Lipinski definition) is 1. The predicted octanol–water partition coefficient (Wildman–Crippen LogP) is 1.98. The molecule has 16 heavy (non-hydrogen) atoms. The molecule has 1 N–H and O–H groups in total. The number of aryl methyl sites for hydroxylation is 1. The highest BCUT2D eigenvalue weighted by Crippen LogP contribution is 2.11. The molecule has 4 nitrogen and oxygen atoms in total. The van der Waals surface area contributed by atoms with Crippen molar-refractivity contribution in [2.45, 2.75) is 18.2 Å². The van der Waals surface area contributed by atoms with Gasteiger partial charge in [0.15, 0.2) is 0 Å². The number of alkyl halides is 1. The van der Waals surface area contributed by atoms with Crippen molar-refractivity contribution in [2.24, 2.45) is 0 Å². The van der Waals surface area contributed by atoms with Crippen LogP contribution in [0.3, 0.4) is 0 Å². The summed E-state index contributed by atoms with van der Waals surface area (Å²) in [5.41, 5.74) is 0.611. The van der Waals surface area contributed by atoms with Crippen molar-refractivity contribution in [1.29, 1.82) is 0 Å². The average molecular weight is 290 g/mol. The molecule has 0 aromatic carbocycles. The maximum Gasteiger partial charge on any atom is 0.254 e. The van der Waals surface area contributed by atoms with Crippen LogP contribution in [0.4, 0.5) is 0 Å². The van der Waals surface area contributed by atoms with Gasteiger partial charge < -0.3 is 14.5 Å². The Balaban J connectivity index is 2.46. The molecule has 1 atom stereocenters. The lowest BCUT2D eigenvalue weighted by atomic mass is 10.2. The van der Waals surface area contributed by atoms with E-state index in [9.17, 15) is 4.79 Å². The van der Waals surface area contributed by atoms with E-state index in [1.54, 1.807) is 13.2 Å². The Kier molecular flexibility index (Phi) is 5.55. The van der Waals surface area contributed by atoms with Gasteiger partial charge in [-0.3, -0.25) is 4.79 Å². The fraction of sp³-hybridized carbons (Fsp3) is 0.545. The smallest absolute Gasteiger partial charge is 0.254 e. The van der Waals surface area contributed by atoms with Crippen molar-refractivity contribution in [3.8, 4) is 0 Å². The monoisotopic (exact) mass is 289 g/mol. The highest BCUT2D eigenvalue weighted by Gasteiger charge is 2.14. The largest absolute Gasteiger partial charge is 0.469 e. The normalized spacial score (nSPS) is 12.4. The van der Waals surface area contributed by atoms with E-state index in [0.29, 0.717) is 25.1 Å². The SMILES string of the molecule is CCc1occc1C(=O)NCC(Br)COC. The second-order valence-corrected chi connectivity index (χ2v) is 4.67. The Bertz CT molecular complexity index is 338. The lowest BCUT2D eigenvalue weighted by Gasteiger charge is -2.09. The summed E-state index contributed by atoms with van der Waals surface area (Å²) in [4.78, 5) is 11.9. The predicted molar refractivity (Wildman–Crippen MR) is 65.0 cm³/mol. The van der Waals surface area contributed by atoms with E-state index in [0.717, 1.165) is 5.76 Å². The van der Waals surface area contributed by atoms with Crippen LogP contribution < -0.4 is 5.32 Å². The van der Waals surface area contributed by atoms with E-state index < -0.39 is 0 Å². The van der Waals surface area contributed by atoms with E-state index >= 15 is 0 Å². The molecular weight excluding hydrogens is 274 g/mol. The summed E-state index contributed by atoms with van der Waals surface area (Å²) in [7, 11) is 1.63. The Morgan fingerprint density at radius 2 is 2.44 bits per heavy atom. The zero-order valence-electron chi connectivity index (χ0n) is 9.46. The Labute approximate surface area is 103 Å². The fourth-order valence-electron chi connectivity index (χ4n) is 1.36. The maximum atomic E-state index is 11.8. The molecule has 90 valence electrons. The van der Waals surface area contributed by atoms with Crippen molar-refractivity contribution in [2.75, 3.05) is 20.3 Å². The van der Waals surface area contributed by atoms with Gasteiger partial charge in [-0.1, -0.05) is 22.9 Å². The number of carbonyl (C=O) groups excluding carboxylic acids is 1. The lowest BCUT2D eigenvalue weighted by Crippen LogP contribution is -2.31. The van der Waals surface area contributed by atoms with Crippen LogP contribution in [0.5, 0.6) is 0 Å². The second-order valence-electron chi connectivity index (χ2n) is 3.37. The van der Waals surface area contributed by atoms with Crippen molar-refractivity contribution in [3.63, 3.8) is 0 Å². The lowest BCUT2D eigenvalue weighted by molar-refractivity contribution is 0.0948. The molecule has 0 saturated heterocycles. The standard InChI is InChI=1S/C11H16BrNO3/c1-3-10-9(4-5-16-10)11(14)13-6-8(12)7-15-2/h4-5,8H,3,6-7H2,1-2H3,(H,13,14). The first kappa shape index (κ1) is 13.3. The van der Waals surface area contributed by atoms with E-state index in [2.05, 4.69) is 21.2 Å². The minimum absolute atomic E-state index is 0.105. The van der Waals surface area contributed by atoms with Crippen LogP contribution in [0.2, 0.25) is 0 Å². The molecule has 0 aliphatic rings. The van der Waals surface area contributed by atoms with Gasteiger partial charge in [0.05, 0.1) is 23.3 Å². The number of methoxy groups -OCH3 is 1. The third-order valence-corrected chi connectivity index (χ3v) is 2.73. The average Bonchev–Trinajstić information content (AvgIpc) is 2.74. The molecule has 0 fully saturated rings. The highest BCUT2D eigenvalue weighted by molar-refractivity contribution is 9.09. The van der Waals surface area contributed by atoms with Crippen LogP contribution in [-0.2, 0) is 11.2 Å². The maximum absolute atomic E-state index is 11.8. The Hall–Kier alpha value is -0.810. The van der Waals surface area contributed by atoms with Gasteiger partial charge in [0.2, 0.25) is 0 Å². The summed E-state index contributed by atoms with van der Waals surface area (Å²) >= 11 is 3.40. The van der Waals surface area contributed by atoms with Gasteiger partial charge in [-0.15, -0.1) is 0 Å². The van der Waals surface area contributed by atoms with Crippen LogP contribution in [0, 0.1) is 0 Å². The Morgan fingerprint density at radius 3 is 3.06 bits per heavy atom. The molecule has 1 rings (SSSR count). The topological polar surface area (TPSA) is 51.5 Å². The summed E-state index contributed by atoms with van der Waals surface area (Å²) in [6, 6.07) is 1.69. The van der Waals surface area contributed by atoms with Gasteiger partial charge in [0, 0.05) is 20.1 Å². The van der Waals surface area contributed by atoms with E-state index in [4.69, 9.17) is 9.15 Å². The van der Waals surface area contributed by atoms with Gasteiger partial charge in [-0.2, -0.15) is 0 Å². The minimum Gasteiger partial charge on any atom is -0.469 e. The molecule has 0 aliphatic heterocycles. The number of ether oxygens (including phenoxy) is 1. The number of rotatable bonds is 6. The molecular formula is C11H16BrNO3. The molecule has 1 heterocycles. The fourth-order valence-corrected chi connectivity index (χ4v) is 1.78. The minimum atomic E-state index is -0.105. The summed E-state index contributed by atoms with van der Waals surface area (Å²) in [5, 5.41) is 2.82. The third kappa shape index (κ3) is 3.64. The summed E-state index contributed by atoms with van der Waals surface area (Å²) in [5.74, 6) is 0.613. The molecule has 1 aromatic rings. The molecule has 1 unspecified atom stereocenters. The zero-order valence-corrected chi connectivity index (χ0v) is 11.0. The van der Waals surface area contributed by atoms with Gasteiger partial charge in [0.1, 0.15) is 5.76 Å². The first-order valence-corrected chi connectivity index (χ1v) is 6.08. The van der Waals surface area contributed by atoms with Crippen LogP contribution in [0.15, 0.2) is 16.7 Å². The number of hydrogen-bond acceptors (Lipinski definition) is 3. The van der Waals surface area contributed by atoms with Gasteiger partial charge in [-0.05, 0) is 6.07 Å². The molecule has 1 amide bonds. The zero-order chi connectivity index (χ0) is 12.0. The molecule has 0 radical (unpaired) electrons. The molecule has 1 aromatic heterocycles. The van der Waals surface area contributed by atoms with Crippen LogP contribution in [0.25, 0.3) is 0 Å².